The van der Waals surface area contributed by atoms with Crippen molar-refractivity contribution in [1.29, 1.82) is 0 Å². The smallest absolute Gasteiger partial charge is 0.335 e. The number of pyridine rings is 1. The number of imidazole rings is 1. The predicted octanol–water partition coefficient (Wildman–Crippen LogP) is 6.84. The molecule has 2 fully saturated rings. The van der Waals surface area contributed by atoms with Crippen LogP contribution < -0.4 is 4.74 Å². The molecule has 4 heterocycles. The number of piperidine rings is 1. The number of aromatic nitrogens is 3. The first-order valence-corrected chi connectivity index (χ1v) is 15.4. The number of likely N-dealkylation sites (tertiary alicyclic amines) is 1. The van der Waals surface area contributed by atoms with Gasteiger partial charge in [-0.15, -0.1) is 0 Å². The fourth-order valence-electron chi connectivity index (χ4n) is 6.08. The van der Waals surface area contributed by atoms with Crippen LogP contribution in [-0.4, -0.2) is 56.3 Å². The Morgan fingerprint density at radius 1 is 1.05 bits per heavy atom. The second-order valence-electron chi connectivity index (χ2n) is 11.5. The molecule has 0 unspecified atom stereocenters. The van der Waals surface area contributed by atoms with Gasteiger partial charge in [0.1, 0.15) is 18.2 Å². The lowest BCUT2D eigenvalue weighted by Crippen LogP contribution is -2.34. The van der Waals surface area contributed by atoms with E-state index in [1.54, 1.807) is 30.3 Å². The van der Waals surface area contributed by atoms with Crippen molar-refractivity contribution >= 4 is 28.6 Å². The van der Waals surface area contributed by atoms with Gasteiger partial charge in [-0.3, -0.25) is 4.90 Å². The van der Waals surface area contributed by atoms with Crippen molar-refractivity contribution in [3.8, 4) is 5.88 Å². The number of benzene rings is 2. The van der Waals surface area contributed by atoms with Crippen LogP contribution in [0.2, 0.25) is 5.02 Å². The van der Waals surface area contributed by atoms with E-state index in [0.29, 0.717) is 41.0 Å². The molecule has 1 atom stereocenters. The number of nitrogens with zero attached hydrogens (tertiary/aromatic N) is 4. The van der Waals surface area contributed by atoms with Crippen molar-refractivity contribution < 1.29 is 23.8 Å². The molecule has 2 aromatic carbocycles. The van der Waals surface area contributed by atoms with E-state index in [9.17, 15) is 14.3 Å². The van der Waals surface area contributed by atoms with Gasteiger partial charge in [0.2, 0.25) is 5.88 Å². The Balaban J connectivity index is 1.12. The van der Waals surface area contributed by atoms with Gasteiger partial charge in [-0.05, 0) is 75.2 Å². The minimum Gasteiger partial charge on any atom is -0.478 e. The Morgan fingerprint density at radius 3 is 2.72 bits per heavy atom. The number of fused-ring (bicyclic) bond motifs is 1. The summed E-state index contributed by atoms with van der Waals surface area (Å²) in [4.78, 5) is 23.7. The summed E-state index contributed by atoms with van der Waals surface area (Å²) in [5.41, 5.74) is 3.31. The number of aromatic carboxylic acids is 1. The maximum atomic E-state index is 14.2. The molecule has 226 valence electrons. The van der Waals surface area contributed by atoms with E-state index in [1.807, 2.05) is 18.2 Å². The minimum atomic E-state index is -0.951. The molecule has 0 amide bonds. The quantitative estimate of drug-likeness (QED) is 0.223. The van der Waals surface area contributed by atoms with Crippen molar-refractivity contribution in [1.82, 2.24) is 19.4 Å². The Hall–Kier alpha value is -3.53. The number of hydrogen-bond acceptors (Lipinski definition) is 6. The Kier molecular flexibility index (Phi) is 9.21. The zero-order valence-electron chi connectivity index (χ0n) is 24.1. The number of carboxylic acids is 1. The third-order valence-electron chi connectivity index (χ3n) is 8.49. The zero-order chi connectivity index (χ0) is 29.8. The van der Waals surface area contributed by atoms with Crippen LogP contribution in [0.3, 0.4) is 0 Å². The van der Waals surface area contributed by atoms with E-state index in [1.165, 1.54) is 12.5 Å². The van der Waals surface area contributed by atoms with Crippen LogP contribution in [0.25, 0.3) is 11.0 Å². The molecule has 2 aliphatic heterocycles. The summed E-state index contributed by atoms with van der Waals surface area (Å²) in [6.07, 6.45) is 6.46. The van der Waals surface area contributed by atoms with Crippen molar-refractivity contribution in [3.63, 3.8) is 0 Å². The third-order valence-corrected chi connectivity index (χ3v) is 8.73. The Bertz CT molecular complexity index is 1580. The van der Waals surface area contributed by atoms with Gasteiger partial charge in [0.15, 0.2) is 0 Å². The van der Waals surface area contributed by atoms with Gasteiger partial charge >= 0.3 is 5.97 Å². The molecule has 6 rings (SSSR count). The van der Waals surface area contributed by atoms with Crippen LogP contribution in [0.1, 0.15) is 71.9 Å². The van der Waals surface area contributed by atoms with Crippen molar-refractivity contribution in [2.75, 3.05) is 19.7 Å². The lowest BCUT2D eigenvalue weighted by Gasteiger charge is -2.31. The van der Waals surface area contributed by atoms with Gasteiger partial charge in [-0.2, -0.15) is 0 Å². The number of ether oxygens (including phenoxy) is 2. The van der Waals surface area contributed by atoms with Crippen LogP contribution in [0.4, 0.5) is 4.39 Å². The van der Waals surface area contributed by atoms with Gasteiger partial charge in [0.05, 0.1) is 35.8 Å². The van der Waals surface area contributed by atoms with Crippen LogP contribution in [0.15, 0.2) is 54.6 Å². The van der Waals surface area contributed by atoms with Gasteiger partial charge in [0, 0.05) is 34.9 Å². The molecule has 4 aromatic rings. The molecule has 43 heavy (non-hydrogen) atoms. The summed E-state index contributed by atoms with van der Waals surface area (Å²) in [6, 6.07) is 15.5. The highest BCUT2D eigenvalue weighted by molar-refractivity contribution is 6.30. The van der Waals surface area contributed by atoms with Gasteiger partial charge in [0.25, 0.3) is 0 Å². The lowest BCUT2D eigenvalue weighted by molar-refractivity contribution is 0.0463. The van der Waals surface area contributed by atoms with Crippen molar-refractivity contribution in [2.24, 2.45) is 0 Å². The largest absolute Gasteiger partial charge is 0.478 e. The van der Waals surface area contributed by atoms with Gasteiger partial charge in [-0.25, -0.2) is 19.2 Å². The molecule has 0 radical (unpaired) electrons. The summed E-state index contributed by atoms with van der Waals surface area (Å²) in [5, 5.41) is 9.87. The van der Waals surface area contributed by atoms with E-state index in [0.717, 1.165) is 68.8 Å². The molecule has 2 aliphatic rings. The molecule has 8 nitrogen and oxygen atoms in total. The highest BCUT2D eigenvalue weighted by Crippen LogP contribution is 2.30. The van der Waals surface area contributed by atoms with Crippen LogP contribution in [0.5, 0.6) is 5.88 Å². The maximum Gasteiger partial charge on any atom is 0.335 e. The second-order valence-corrected chi connectivity index (χ2v) is 11.9. The third kappa shape index (κ3) is 7.17. The molecule has 0 saturated carbocycles. The number of hydrogen-bond donors (Lipinski definition) is 1. The lowest BCUT2D eigenvalue weighted by atomic mass is 9.93. The highest BCUT2D eigenvalue weighted by atomic mass is 35.5. The fourth-order valence-corrected chi connectivity index (χ4v) is 6.24. The van der Waals surface area contributed by atoms with Crippen LogP contribution in [-0.2, 0) is 24.4 Å². The van der Waals surface area contributed by atoms with E-state index >= 15 is 0 Å². The number of carbonyl (C=O) groups is 1. The van der Waals surface area contributed by atoms with Gasteiger partial charge in [-0.1, -0.05) is 36.6 Å². The fraction of sp³-hybridized carbons (Fsp3) is 0.424. The number of carboxylic acid groups (broad SMARTS) is 1. The Labute approximate surface area is 255 Å². The minimum absolute atomic E-state index is 0.0821. The van der Waals surface area contributed by atoms with E-state index in [-0.39, 0.29) is 18.3 Å². The SMILES string of the molecule is O=C(O)c1ccc2c(c1)nc(CN1CCC(c3cccc(OCc4ccc(Cl)cc4F)n3)CC1)n2C[C@@H]1CCCCCO1. The summed E-state index contributed by atoms with van der Waals surface area (Å²) >= 11 is 5.86. The van der Waals surface area contributed by atoms with Gasteiger partial charge < -0.3 is 19.1 Å². The van der Waals surface area contributed by atoms with Crippen molar-refractivity contribution in [3.05, 3.63) is 88.1 Å². The molecule has 0 aliphatic carbocycles. The molecule has 2 saturated heterocycles. The Morgan fingerprint density at radius 2 is 1.91 bits per heavy atom. The summed E-state index contributed by atoms with van der Waals surface area (Å²) in [6.45, 7) is 4.03. The highest BCUT2D eigenvalue weighted by Gasteiger charge is 2.25. The zero-order valence-corrected chi connectivity index (χ0v) is 24.8. The molecular weight excluding hydrogens is 571 g/mol. The first kappa shape index (κ1) is 29.5. The maximum absolute atomic E-state index is 14.2. The molecule has 10 heteroatoms. The summed E-state index contributed by atoms with van der Waals surface area (Å²) < 4.78 is 28.4. The van der Waals surface area contributed by atoms with Crippen molar-refractivity contribution in [2.45, 2.75) is 70.2 Å². The normalized spacial score (nSPS) is 18.5. The first-order valence-electron chi connectivity index (χ1n) is 15.0. The van der Waals surface area contributed by atoms with Crippen LogP contribution >= 0.6 is 11.6 Å². The molecule has 2 aromatic heterocycles. The summed E-state index contributed by atoms with van der Waals surface area (Å²) in [5.74, 6) is 0.362. The average molecular weight is 607 g/mol. The monoisotopic (exact) mass is 606 g/mol. The van der Waals surface area contributed by atoms with E-state index in [2.05, 4.69) is 9.47 Å². The number of rotatable bonds is 9. The predicted molar refractivity (Wildman–Crippen MR) is 162 cm³/mol. The average Bonchev–Trinajstić information content (AvgIpc) is 3.14. The standard InChI is InChI=1S/C33H36ClFN4O4/c34-25-10-8-24(27(35)18-25)21-43-32-7-4-6-28(37-32)22-12-14-38(15-13-22)20-31-36-29-17-23(33(40)41)9-11-30(29)39(31)19-26-5-2-1-3-16-42-26/h4,6-11,17-18,22,26H,1-3,5,12-16,19-21H2,(H,40,41)/t26-/m0/s1. The summed E-state index contributed by atoms with van der Waals surface area (Å²) in [7, 11) is 0. The molecule has 1 N–H and O–H groups in total. The van der Waals surface area contributed by atoms with Crippen LogP contribution in [0, 0.1) is 5.82 Å². The second kappa shape index (κ2) is 13.4. The van der Waals surface area contributed by atoms with E-state index < -0.39 is 11.8 Å². The molecule has 0 spiro atoms. The molecule has 0 bridgehead atoms. The number of halogens is 2. The molecular formula is C33H36ClFN4O4. The van der Waals surface area contributed by atoms with E-state index in [4.69, 9.17) is 31.0 Å². The topological polar surface area (TPSA) is 89.7 Å². The first-order chi connectivity index (χ1) is 20.9.